The molecule has 3 heterocycles. The molecule has 1 aliphatic heterocycles. The molecule has 0 radical (unpaired) electrons. The zero-order valence-corrected chi connectivity index (χ0v) is 16.4. The third-order valence-corrected chi connectivity index (χ3v) is 5.47. The third kappa shape index (κ3) is 3.69. The molecule has 1 amide bonds. The van der Waals surface area contributed by atoms with Gasteiger partial charge in [0.2, 0.25) is 5.91 Å². The molecule has 146 valence electrons. The smallest absolute Gasteiger partial charge is 0.223 e. The van der Waals surface area contributed by atoms with Crippen LogP contribution in [-0.4, -0.2) is 44.8 Å². The van der Waals surface area contributed by atoms with Crippen LogP contribution < -0.4 is 10.2 Å². The number of anilines is 1. The number of carbonyl (C=O) groups is 1. The van der Waals surface area contributed by atoms with Crippen LogP contribution in [-0.2, 0) is 4.79 Å². The van der Waals surface area contributed by atoms with Crippen molar-refractivity contribution < 1.29 is 4.79 Å². The van der Waals surface area contributed by atoms with Crippen molar-refractivity contribution in [2.45, 2.75) is 39.2 Å². The maximum absolute atomic E-state index is 12.4. The first-order chi connectivity index (χ1) is 13.7. The highest BCUT2D eigenvalue weighted by atomic mass is 16.1. The van der Waals surface area contributed by atoms with Crippen molar-refractivity contribution in [2.24, 2.45) is 5.92 Å². The average Bonchev–Trinajstić information content (AvgIpc) is 3.17. The van der Waals surface area contributed by atoms with Gasteiger partial charge in [0, 0.05) is 30.6 Å². The van der Waals surface area contributed by atoms with E-state index in [4.69, 9.17) is 5.10 Å². The van der Waals surface area contributed by atoms with Crippen molar-refractivity contribution in [1.29, 1.82) is 0 Å². The SMILES string of the molecule is CCC(C)NC(=O)C1CCN(c2ccc3nnc(-c4ccccc4)n3n2)CC1. The maximum atomic E-state index is 12.4. The summed E-state index contributed by atoms with van der Waals surface area (Å²) in [5.74, 6) is 1.90. The van der Waals surface area contributed by atoms with E-state index in [0.717, 1.165) is 55.2 Å². The molecule has 1 aromatic carbocycles. The Hall–Kier alpha value is -2.96. The number of amides is 1. The predicted molar refractivity (Wildman–Crippen MR) is 109 cm³/mol. The fraction of sp³-hybridized carbons (Fsp3) is 0.429. The quantitative estimate of drug-likeness (QED) is 0.739. The normalized spacial score (nSPS) is 16.3. The van der Waals surface area contributed by atoms with Gasteiger partial charge >= 0.3 is 0 Å². The van der Waals surface area contributed by atoms with E-state index in [2.05, 4.69) is 34.3 Å². The molecule has 0 aliphatic carbocycles. The van der Waals surface area contributed by atoms with E-state index in [1.807, 2.05) is 42.5 Å². The average molecular weight is 378 g/mol. The van der Waals surface area contributed by atoms with Crippen molar-refractivity contribution in [3.63, 3.8) is 0 Å². The molecule has 7 heteroatoms. The first kappa shape index (κ1) is 18.4. The monoisotopic (exact) mass is 378 g/mol. The first-order valence-corrected chi connectivity index (χ1v) is 9.99. The number of aromatic nitrogens is 4. The minimum absolute atomic E-state index is 0.0868. The Bertz CT molecular complexity index is 946. The largest absolute Gasteiger partial charge is 0.355 e. The van der Waals surface area contributed by atoms with Crippen LogP contribution in [0.4, 0.5) is 5.82 Å². The number of benzene rings is 1. The third-order valence-electron chi connectivity index (χ3n) is 5.47. The molecular weight excluding hydrogens is 352 g/mol. The second-order valence-electron chi connectivity index (χ2n) is 7.43. The van der Waals surface area contributed by atoms with Crippen molar-refractivity contribution in [2.75, 3.05) is 18.0 Å². The van der Waals surface area contributed by atoms with Crippen molar-refractivity contribution >= 4 is 17.4 Å². The fourth-order valence-electron chi connectivity index (χ4n) is 3.55. The number of nitrogens with zero attached hydrogens (tertiary/aromatic N) is 5. The predicted octanol–water partition coefficient (Wildman–Crippen LogP) is 2.92. The summed E-state index contributed by atoms with van der Waals surface area (Å²) in [4.78, 5) is 14.6. The summed E-state index contributed by atoms with van der Waals surface area (Å²) in [5.41, 5.74) is 1.71. The van der Waals surface area contributed by atoms with Crippen LogP contribution in [0.15, 0.2) is 42.5 Å². The van der Waals surface area contributed by atoms with E-state index < -0.39 is 0 Å². The van der Waals surface area contributed by atoms with Crippen LogP contribution in [0.1, 0.15) is 33.1 Å². The molecular formula is C21H26N6O. The van der Waals surface area contributed by atoms with Gasteiger partial charge in [0.1, 0.15) is 5.82 Å². The Morgan fingerprint density at radius 3 is 2.61 bits per heavy atom. The number of piperidine rings is 1. The van der Waals surface area contributed by atoms with Gasteiger partial charge < -0.3 is 10.2 Å². The van der Waals surface area contributed by atoms with E-state index in [9.17, 15) is 4.79 Å². The van der Waals surface area contributed by atoms with Gasteiger partial charge in [-0.1, -0.05) is 37.3 Å². The Kier molecular flexibility index (Phi) is 5.23. The molecule has 0 bridgehead atoms. The Labute approximate surface area is 164 Å². The zero-order chi connectivity index (χ0) is 19.5. The highest BCUT2D eigenvalue weighted by Gasteiger charge is 2.26. The lowest BCUT2D eigenvalue weighted by atomic mass is 9.95. The zero-order valence-electron chi connectivity index (χ0n) is 16.4. The second-order valence-corrected chi connectivity index (χ2v) is 7.43. The van der Waals surface area contributed by atoms with Gasteiger partial charge in [-0.05, 0) is 38.3 Å². The summed E-state index contributed by atoms with van der Waals surface area (Å²) in [7, 11) is 0. The number of hydrogen-bond acceptors (Lipinski definition) is 5. The van der Waals surface area contributed by atoms with Crippen LogP contribution in [0, 0.1) is 5.92 Å². The number of nitrogens with one attached hydrogen (secondary N) is 1. The summed E-state index contributed by atoms with van der Waals surface area (Å²) >= 11 is 0. The topological polar surface area (TPSA) is 75.4 Å². The molecule has 1 aliphatic rings. The van der Waals surface area contributed by atoms with E-state index in [0.29, 0.717) is 0 Å². The van der Waals surface area contributed by atoms with Crippen molar-refractivity contribution in [3.05, 3.63) is 42.5 Å². The minimum atomic E-state index is 0.0868. The standard InChI is InChI=1S/C21H26N6O/c1-3-15(2)22-21(28)17-11-13-26(14-12-17)19-10-9-18-23-24-20(27(18)25-19)16-7-5-4-6-8-16/h4-10,15,17H,3,11-14H2,1-2H3,(H,22,28). The molecule has 1 unspecified atom stereocenters. The highest BCUT2D eigenvalue weighted by Crippen LogP contribution is 2.24. The summed E-state index contributed by atoms with van der Waals surface area (Å²) in [6.45, 7) is 5.78. The lowest BCUT2D eigenvalue weighted by Gasteiger charge is -2.32. The van der Waals surface area contributed by atoms with Gasteiger partial charge in [0.05, 0.1) is 0 Å². The van der Waals surface area contributed by atoms with Crippen LogP contribution >= 0.6 is 0 Å². The summed E-state index contributed by atoms with van der Waals surface area (Å²) < 4.78 is 1.80. The van der Waals surface area contributed by atoms with E-state index >= 15 is 0 Å². The number of fused-ring (bicyclic) bond motifs is 1. The molecule has 28 heavy (non-hydrogen) atoms. The lowest BCUT2D eigenvalue weighted by Crippen LogP contribution is -2.43. The van der Waals surface area contributed by atoms with Crippen LogP contribution in [0.2, 0.25) is 0 Å². The summed E-state index contributed by atoms with van der Waals surface area (Å²) in [5, 5.41) is 16.4. The molecule has 4 rings (SSSR count). The van der Waals surface area contributed by atoms with Crippen LogP contribution in [0.25, 0.3) is 17.0 Å². The van der Waals surface area contributed by atoms with Gasteiger partial charge in [-0.2, -0.15) is 4.52 Å². The fourth-order valence-corrected chi connectivity index (χ4v) is 3.55. The number of hydrogen-bond donors (Lipinski definition) is 1. The molecule has 7 nitrogen and oxygen atoms in total. The molecule has 0 saturated carbocycles. The van der Waals surface area contributed by atoms with E-state index in [1.165, 1.54) is 0 Å². The van der Waals surface area contributed by atoms with Crippen molar-refractivity contribution in [3.8, 4) is 11.4 Å². The van der Waals surface area contributed by atoms with Gasteiger partial charge in [0.15, 0.2) is 11.5 Å². The Morgan fingerprint density at radius 2 is 1.89 bits per heavy atom. The molecule has 1 atom stereocenters. The number of rotatable bonds is 5. The van der Waals surface area contributed by atoms with Gasteiger partial charge in [-0.15, -0.1) is 15.3 Å². The Morgan fingerprint density at radius 1 is 1.14 bits per heavy atom. The highest BCUT2D eigenvalue weighted by molar-refractivity contribution is 5.79. The van der Waals surface area contributed by atoms with Gasteiger partial charge in [-0.3, -0.25) is 4.79 Å². The van der Waals surface area contributed by atoms with Crippen molar-refractivity contribution in [1.82, 2.24) is 25.1 Å². The molecule has 2 aromatic heterocycles. The van der Waals surface area contributed by atoms with Gasteiger partial charge in [-0.25, -0.2) is 0 Å². The first-order valence-electron chi connectivity index (χ1n) is 9.99. The summed E-state index contributed by atoms with van der Waals surface area (Å²) in [6, 6.07) is 14.1. The Balaban J connectivity index is 1.49. The lowest BCUT2D eigenvalue weighted by molar-refractivity contribution is -0.126. The van der Waals surface area contributed by atoms with E-state index in [1.54, 1.807) is 4.52 Å². The second kappa shape index (κ2) is 7.96. The molecule has 1 N–H and O–H groups in total. The molecule has 0 spiro atoms. The minimum Gasteiger partial charge on any atom is -0.355 e. The van der Waals surface area contributed by atoms with Crippen LogP contribution in [0.3, 0.4) is 0 Å². The van der Waals surface area contributed by atoms with E-state index in [-0.39, 0.29) is 17.9 Å². The van der Waals surface area contributed by atoms with Crippen LogP contribution in [0.5, 0.6) is 0 Å². The number of carbonyl (C=O) groups excluding carboxylic acids is 1. The molecule has 1 saturated heterocycles. The van der Waals surface area contributed by atoms with Gasteiger partial charge in [0.25, 0.3) is 0 Å². The summed E-state index contributed by atoms with van der Waals surface area (Å²) in [6.07, 6.45) is 2.64. The molecule has 1 fully saturated rings. The maximum Gasteiger partial charge on any atom is 0.223 e. The molecule has 3 aromatic rings.